The van der Waals surface area contributed by atoms with Crippen LogP contribution in [0.3, 0.4) is 0 Å². The topological polar surface area (TPSA) is 39.7 Å². The van der Waals surface area contributed by atoms with E-state index in [0.717, 1.165) is 24.5 Å². The van der Waals surface area contributed by atoms with Crippen molar-refractivity contribution in [3.8, 4) is 5.75 Å². The van der Waals surface area contributed by atoms with Crippen LogP contribution < -0.4 is 10.1 Å². The number of benzene rings is 1. The molecular formula is C15H23NO3. The molecule has 1 N–H and O–H groups in total. The smallest absolute Gasteiger partial charge is 0.142 e. The van der Waals surface area contributed by atoms with E-state index in [1.54, 1.807) is 7.11 Å². The number of methoxy groups -OCH3 is 1. The van der Waals surface area contributed by atoms with Gasteiger partial charge in [-0.15, -0.1) is 0 Å². The molecule has 4 nitrogen and oxygen atoms in total. The lowest BCUT2D eigenvalue weighted by molar-refractivity contribution is 0.121. The summed E-state index contributed by atoms with van der Waals surface area (Å²) in [5.41, 5.74) is 2.22. The highest BCUT2D eigenvalue weighted by Gasteiger charge is 2.24. The Morgan fingerprint density at radius 1 is 1.37 bits per heavy atom. The third kappa shape index (κ3) is 3.85. The molecule has 1 aliphatic rings. The Morgan fingerprint density at radius 2 is 2.21 bits per heavy atom. The second-order valence-electron chi connectivity index (χ2n) is 4.96. The number of hydrogen-bond donors (Lipinski definition) is 1. The van der Waals surface area contributed by atoms with Gasteiger partial charge in [-0.25, -0.2) is 0 Å². The molecule has 1 aliphatic heterocycles. The minimum atomic E-state index is 0.244. The molecule has 1 fully saturated rings. The fraction of sp³-hybridized carbons (Fsp3) is 0.600. The van der Waals surface area contributed by atoms with Crippen LogP contribution in [0.4, 0.5) is 5.69 Å². The summed E-state index contributed by atoms with van der Waals surface area (Å²) in [6, 6.07) is 6.57. The molecule has 2 atom stereocenters. The number of aryl methyl sites for hydroxylation is 1. The molecule has 1 aromatic carbocycles. The molecule has 4 heteroatoms. The second-order valence-corrected chi connectivity index (χ2v) is 4.96. The van der Waals surface area contributed by atoms with Gasteiger partial charge in [-0.05, 0) is 38.0 Å². The summed E-state index contributed by atoms with van der Waals surface area (Å²) in [4.78, 5) is 0. The van der Waals surface area contributed by atoms with Crippen LogP contribution >= 0.6 is 0 Å². The lowest BCUT2D eigenvalue weighted by Gasteiger charge is -2.20. The summed E-state index contributed by atoms with van der Waals surface area (Å²) in [7, 11) is 1.68. The van der Waals surface area contributed by atoms with E-state index in [9.17, 15) is 0 Å². The molecule has 19 heavy (non-hydrogen) atoms. The maximum Gasteiger partial charge on any atom is 0.142 e. The number of hydrogen-bond acceptors (Lipinski definition) is 4. The maximum atomic E-state index is 5.78. The first-order chi connectivity index (χ1) is 9.20. The van der Waals surface area contributed by atoms with Gasteiger partial charge in [0.15, 0.2) is 0 Å². The Morgan fingerprint density at radius 3 is 2.89 bits per heavy atom. The molecule has 1 saturated heterocycles. The highest BCUT2D eigenvalue weighted by Crippen LogP contribution is 2.28. The molecule has 0 aromatic heterocycles. The third-order valence-corrected chi connectivity index (χ3v) is 3.40. The largest absolute Gasteiger partial charge is 0.489 e. The van der Waals surface area contributed by atoms with Gasteiger partial charge in [-0.3, -0.25) is 0 Å². The first kappa shape index (κ1) is 14.2. The Kier molecular flexibility index (Phi) is 5.05. The monoisotopic (exact) mass is 265 g/mol. The zero-order valence-corrected chi connectivity index (χ0v) is 11.9. The molecule has 106 valence electrons. The highest BCUT2D eigenvalue weighted by atomic mass is 16.5. The van der Waals surface area contributed by atoms with Crippen molar-refractivity contribution in [2.75, 3.05) is 32.2 Å². The molecule has 0 radical (unpaired) electrons. The van der Waals surface area contributed by atoms with E-state index >= 15 is 0 Å². The van der Waals surface area contributed by atoms with E-state index in [2.05, 4.69) is 37.4 Å². The van der Waals surface area contributed by atoms with Crippen LogP contribution in [0.5, 0.6) is 5.75 Å². The first-order valence-electron chi connectivity index (χ1n) is 6.81. The standard InChI is InChI=1S/C15H23NO3/c1-11-4-5-14(15(10-11)19-9-8-17-3)16-13-6-7-18-12(13)2/h4-5,10,12-13,16H,6-9H2,1-3H3. The first-order valence-corrected chi connectivity index (χ1v) is 6.81. The lowest BCUT2D eigenvalue weighted by atomic mass is 10.1. The van der Waals surface area contributed by atoms with E-state index < -0.39 is 0 Å². The Balaban J connectivity index is 2.05. The highest BCUT2D eigenvalue weighted by molar-refractivity contribution is 5.58. The van der Waals surface area contributed by atoms with Crippen LogP contribution in [-0.4, -0.2) is 39.1 Å². The molecule has 2 rings (SSSR count). The predicted octanol–water partition coefficient (Wildman–Crippen LogP) is 2.61. The van der Waals surface area contributed by atoms with Gasteiger partial charge in [0, 0.05) is 13.7 Å². The molecule has 0 bridgehead atoms. The molecule has 2 unspecified atom stereocenters. The Labute approximate surface area is 115 Å². The van der Waals surface area contributed by atoms with Crippen molar-refractivity contribution in [2.45, 2.75) is 32.4 Å². The average molecular weight is 265 g/mol. The Bertz CT molecular complexity index is 408. The van der Waals surface area contributed by atoms with Crippen LogP contribution in [0, 0.1) is 6.92 Å². The molecule has 1 aromatic rings. The fourth-order valence-corrected chi connectivity index (χ4v) is 2.22. The van der Waals surface area contributed by atoms with Crippen LogP contribution in [-0.2, 0) is 9.47 Å². The minimum absolute atomic E-state index is 0.244. The van der Waals surface area contributed by atoms with Crippen molar-refractivity contribution in [1.82, 2.24) is 0 Å². The molecule has 0 amide bonds. The zero-order chi connectivity index (χ0) is 13.7. The van der Waals surface area contributed by atoms with Gasteiger partial charge in [-0.2, -0.15) is 0 Å². The average Bonchev–Trinajstić information content (AvgIpc) is 2.78. The maximum absolute atomic E-state index is 5.78. The molecule has 1 heterocycles. The summed E-state index contributed by atoms with van der Waals surface area (Å²) in [5.74, 6) is 0.885. The van der Waals surface area contributed by atoms with E-state index in [0.29, 0.717) is 19.3 Å². The van der Waals surface area contributed by atoms with Crippen molar-refractivity contribution in [2.24, 2.45) is 0 Å². The molecule has 0 aliphatic carbocycles. The summed E-state index contributed by atoms with van der Waals surface area (Å²) in [5, 5.41) is 3.52. The van der Waals surface area contributed by atoms with Gasteiger partial charge in [0.2, 0.25) is 0 Å². The number of rotatable bonds is 6. The quantitative estimate of drug-likeness (QED) is 0.803. The van der Waals surface area contributed by atoms with E-state index in [4.69, 9.17) is 14.2 Å². The lowest BCUT2D eigenvalue weighted by Crippen LogP contribution is -2.27. The van der Waals surface area contributed by atoms with Crippen LogP contribution in [0.1, 0.15) is 18.9 Å². The minimum Gasteiger partial charge on any atom is -0.489 e. The Hall–Kier alpha value is -1.26. The van der Waals surface area contributed by atoms with Crippen molar-refractivity contribution >= 4 is 5.69 Å². The summed E-state index contributed by atoms with van der Waals surface area (Å²) in [6.45, 7) is 6.14. The van der Waals surface area contributed by atoms with E-state index in [-0.39, 0.29) is 6.10 Å². The molecular weight excluding hydrogens is 242 g/mol. The van der Waals surface area contributed by atoms with E-state index in [1.807, 2.05) is 0 Å². The predicted molar refractivity (Wildman–Crippen MR) is 76.0 cm³/mol. The zero-order valence-electron chi connectivity index (χ0n) is 11.9. The van der Waals surface area contributed by atoms with Crippen molar-refractivity contribution < 1.29 is 14.2 Å². The van der Waals surface area contributed by atoms with Crippen LogP contribution in [0.25, 0.3) is 0 Å². The van der Waals surface area contributed by atoms with Crippen molar-refractivity contribution in [3.05, 3.63) is 23.8 Å². The van der Waals surface area contributed by atoms with Gasteiger partial charge >= 0.3 is 0 Å². The fourth-order valence-electron chi connectivity index (χ4n) is 2.22. The molecule has 0 spiro atoms. The van der Waals surface area contributed by atoms with Crippen LogP contribution in [0.15, 0.2) is 18.2 Å². The van der Waals surface area contributed by atoms with E-state index in [1.165, 1.54) is 5.56 Å². The van der Waals surface area contributed by atoms with Gasteiger partial charge in [0.05, 0.1) is 24.4 Å². The second kappa shape index (κ2) is 6.78. The number of nitrogens with one attached hydrogen (secondary N) is 1. The molecule has 0 saturated carbocycles. The third-order valence-electron chi connectivity index (χ3n) is 3.40. The normalized spacial score (nSPS) is 22.5. The number of ether oxygens (including phenoxy) is 3. The van der Waals surface area contributed by atoms with Gasteiger partial charge in [0.25, 0.3) is 0 Å². The van der Waals surface area contributed by atoms with Crippen molar-refractivity contribution in [1.29, 1.82) is 0 Å². The summed E-state index contributed by atoms with van der Waals surface area (Å²) < 4.78 is 16.4. The van der Waals surface area contributed by atoms with Crippen LogP contribution in [0.2, 0.25) is 0 Å². The summed E-state index contributed by atoms with van der Waals surface area (Å²) >= 11 is 0. The number of anilines is 1. The van der Waals surface area contributed by atoms with Gasteiger partial charge < -0.3 is 19.5 Å². The SMILES string of the molecule is COCCOc1cc(C)ccc1NC1CCOC1C. The van der Waals surface area contributed by atoms with Gasteiger partial charge in [-0.1, -0.05) is 6.07 Å². The van der Waals surface area contributed by atoms with Gasteiger partial charge in [0.1, 0.15) is 12.4 Å². The summed E-state index contributed by atoms with van der Waals surface area (Å²) in [6.07, 6.45) is 1.28. The van der Waals surface area contributed by atoms with Crippen molar-refractivity contribution in [3.63, 3.8) is 0 Å².